The lowest BCUT2D eigenvalue weighted by Crippen LogP contribution is -2.25. The van der Waals surface area contributed by atoms with E-state index in [4.69, 9.17) is 9.47 Å². The largest absolute Gasteiger partial charge is 0.497 e. The predicted octanol–water partition coefficient (Wildman–Crippen LogP) is 3.74. The summed E-state index contributed by atoms with van der Waals surface area (Å²) in [7, 11) is 1.52. The molecule has 0 amide bonds. The predicted molar refractivity (Wildman–Crippen MR) is 88.1 cm³/mol. The minimum Gasteiger partial charge on any atom is -0.497 e. The number of ether oxygens (including phenoxy) is 2. The molecule has 2 aromatic rings. The van der Waals surface area contributed by atoms with Crippen molar-refractivity contribution in [3.8, 4) is 5.75 Å². The van der Waals surface area contributed by atoms with Crippen LogP contribution in [-0.4, -0.2) is 25.0 Å². The van der Waals surface area contributed by atoms with Crippen molar-refractivity contribution in [3.63, 3.8) is 0 Å². The molecule has 23 heavy (non-hydrogen) atoms. The maximum absolute atomic E-state index is 12.5. The van der Waals surface area contributed by atoms with Gasteiger partial charge in [0.25, 0.3) is 0 Å². The zero-order valence-corrected chi connectivity index (χ0v) is 13.8. The Morgan fingerprint density at radius 1 is 1.04 bits per heavy atom. The summed E-state index contributed by atoms with van der Waals surface area (Å²) in [5.74, 6) is -0.189. The Morgan fingerprint density at radius 2 is 1.78 bits per heavy atom. The second-order valence-corrected chi connectivity index (χ2v) is 5.46. The van der Waals surface area contributed by atoms with Crippen molar-refractivity contribution in [1.82, 2.24) is 0 Å². The zero-order valence-electron chi connectivity index (χ0n) is 13.8. The van der Waals surface area contributed by atoms with Crippen LogP contribution in [0.25, 0.3) is 0 Å². The van der Waals surface area contributed by atoms with Gasteiger partial charge in [-0.1, -0.05) is 23.8 Å². The van der Waals surface area contributed by atoms with E-state index in [2.05, 4.69) is 0 Å². The third-order valence-corrected chi connectivity index (χ3v) is 3.62. The van der Waals surface area contributed by atoms with Gasteiger partial charge < -0.3 is 9.47 Å². The molecule has 0 saturated carbocycles. The molecule has 0 radical (unpaired) electrons. The van der Waals surface area contributed by atoms with Crippen molar-refractivity contribution >= 4 is 11.8 Å². The fourth-order valence-corrected chi connectivity index (χ4v) is 2.25. The smallest absolute Gasteiger partial charge is 0.338 e. The first-order chi connectivity index (χ1) is 10.9. The van der Waals surface area contributed by atoms with Gasteiger partial charge in [0.1, 0.15) is 5.75 Å². The van der Waals surface area contributed by atoms with Crippen LogP contribution < -0.4 is 4.74 Å². The Labute approximate surface area is 136 Å². The highest BCUT2D eigenvalue weighted by Gasteiger charge is 2.22. The topological polar surface area (TPSA) is 52.6 Å². The van der Waals surface area contributed by atoms with Crippen LogP contribution in [-0.2, 0) is 4.74 Å². The number of hydrogen-bond donors (Lipinski definition) is 0. The highest BCUT2D eigenvalue weighted by molar-refractivity contribution is 6.02. The van der Waals surface area contributed by atoms with Gasteiger partial charge in [-0.2, -0.15) is 0 Å². The number of hydrogen-bond acceptors (Lipinski definition) is 4. The van der Waals surface area contributed by atoms with Crippen molar-refractivity contribution in [1.29, 1.82) is 0 Å². The Hall–Kier alpha value is -2.62. The van der Waals surface area contributed by atoms with Gasteiger partial charge in [0, 0.05) is 5.56 Å². The van der Waals surface area contributed by atoms with Crippen LogP contribution >= 0.6 is 0 Å². The van der Waals surface area contributed by atoms with Crippen LogP contribution in [0.5, 0.6) is 5.75 Å². The van der Waals surface area contributed by atoms with Gasteiger partial charge in [-0.25, -0.2) is 4.79 Å². The summed E-state index contributed by atoms with van der Waals surface area (Å²) in [5.41, 5.74) is 2.79. The van der Waals surface area contributed by atoms with Gasteiger partial charge in [0.15, 0.2) is 6.10 Å². The summed E-state index contributed by atoms with van der Waals surface area (Å²) in [6.45, 7) is 5.37. The van der Waals surface area contributed by atoms with E-state index in [-0.39, 0.29) is 5.78 Å². The first kappa shape index (κ1) is 16.7. The molecule has 4 nitrogen and oxygen atoms in total. The lowest BCUT2D eigenvalue weighted by atomic mass is 9.99. The van der Waals surface area contributed by atoms with Crippen molar-refractivity contribution in [2.75, 3.05) is 7.11 Å². The second-order valence-electron chi connectivity index (χ2n) is 5.46. The molecule has 2 aromatic carbocycles. The Balaban J connectivity index is 2.14. The molecular formula is C19H20O4. The van der Waals surface area contributed by atoms with E-state index < -0.39 is 12.1 Å². The Bertz CT molecular complexity index is 734. The number of carbonyl (C=O) groups excluding carboxylic acids is 2. The summed E-state index contributed by atoms with van der Waals surface area (Å²) in [5, 5.41) is 0. The molecule has 0 fully saturated rings. The Kier molecular flexibility index (Phi) is 5.16. The van der Waals surface area contributed by atoms with Crippen molar-refractivity contribution in [2.24, 2.45) is 0 Å². The maximum atomic E-state index is 12.5. The van der Waals surface area contributed by atoms with Crippen LogP contribution in [0, 0.1) is 13.8 Å². The number of carbonyl (C=O) groups is 2. The maximum Gasteiger partial charge on any atom is 0.338 e. The van der Waals surface area contributed by atoms with Gasteiger partial charge in [0.2, 0.25) is 5.78 Å². The summed E-state index contributed by atoms with van der Waals surface area (Å²) in [6.07, 6.45) is -0.853. The standard InChI is InChI=1S/C19H20O4/c1-12-8-9-13(2)17(10-12)18(20)14(3)23-19(21)15-6-5-7-16(11-15)22-4/h5-11,14H,1-4H3/t14-/m1/s1. The molecule has 2 rings (SSSR count). The van der Waals surface area contributed by atoms with Gasteiger partial charge >= 0.3 is 5.97 Å². The van der Waals surface area contributed by atoms with Crippen molar-refractivity contribution in [2.45, 2.75) is 26.9 Å². The number of ketones is 1. The molecule has 0 aliphatic carbocycles. The van der Waals surface area contributed by atoms with Crippen LogP contribution in [0.4, 0.5) is 0 Å². The quantitative estimate of drug-likeness (QED) is 0.623. The molecular weight excluding hydrogens is 292 g/mol. The zero-order chi connectivity index (χ0) is 17.0. The molecule has 0 aromatic heterocycles. The highest BCUT2D eigenvalue weighted by Crippen LogP contribution is 2.17. The summed E-state index contributed by atoms with van der Waals surface area (Å²) in [6, 6.07) is 12.3. The molecule has 0 aliphatic rings. The molecule has 0 unspecified atom stereocenters. The third kappa shape index (κ3) is 3.97. The minimum absolute atomic E-state index is 0.206. The first-order valence-electron chi connectivity index (χ1n) is 7.39. The molecule has 4 heteroatoms. The van der Waals surface area contributed by atoms with E-state index >= 15 is 0 Å². The van der Waals surface area contributed by atoms with Crippen LogP contribution in [0.1, 0.15) is 38.8 Å². The average Bonchev–Trinajstić information content (AvgIpc) is 2.56. The van der Waals surface area contributed by atoms with Crippen LogP contribution in [0.15, 0.2) is 42.5 Å². The molecule has 0 bridgehead atoms. The fourth-order valence-electron chi connectivity index (χ4n) is 2.25. The van der Waals surface area contributed by atoms with E-state index in [0.29, 0.717) is 16.9 Å². The number of methoxy groups -OCH3 is 1. The molecule has 0 aliphatic heterocycles. The number of aryl methyl sites for hydroxylation is 2. The molecule has 0 N–H and O–H groups in total. The summed E-state index contributed by atoms with van der Waals surface area (Å²) < 4.78 is 10.4. The Morgan fingerprint density at radius 3 is 2.48 bits per heavy atom. The number of benzene rings is 2. The molecule has 0 spiro atoms. The van der Waals surface area contributed by atoms with E-state index in [0.717, 1.165) is 11.1 Å². The number of esters is 1. The number of rotatable bonds is 5. The van der Waals surface area contributed by atoms with Gasteiger partial charge in [0.05, 0.1) is 12.7 Å². The van der Waals surface area contributed by atoms with Crippen molar-refractivity contribution in [3.05, 3.63) is 64.7 Å². The van der Waals surface area contributed by atoms with Crippen LogP contribution in [0.2, 0.25) is 0 Å². The van der Waals surface area contributed by atoms with Gasteiger partial charge in [-0.3, -0.25) is 4.79 Å². The van der Waals surface area contributed by atoms with E-state index in [1.54, 1.807) is 31.2 Å². The summed E-state index contributed by atoms with van der Waals surface area (Å²) in [4.78, 5) is 24.7. The van der Waals surface area contributed by atoms with Gasteiger partial charge in [-0.05, 0) is 50.6 Å². The van der Waals surface area contributed by atoms with E-state index in [1.165, 1.54) is 7.11 Å². The molecule has 0 heterocycles. The lowest BCUT2D eigenvalue weighted by Gasteiger charge is -2.14. The third-order valence-electron chi connectivity index (χ3n) is 3.62. The second kappa shape index (κ2) is 7.09. The highest BCUT2D eigenvalue weighted by atomic mass is 16.5. The van der Waals surface area contributed by atoms with E-state index in [9.17, 15) is 9.59 Å². The van der Waals surface area contributed by atoms with E-state index in [1.807, 2.05) is 32.0 Å². The first-order valence-corrected chi connectivity index (χ1v) is 7.39. The van der Waals surface area contributed by atoms with Crippen molar-refractivity contribution < 1.29 is 19.1 Å². The number of Topliss-reactive ketones (excluding diaryl/α,β-unsaturated/α-hetero) is 1. The molecule has 0 saturated heterocycles. The summed E-state index contributed by atoms with van der Waals surface area (Å²) >= 11 is 0. The fraction of sp³-hybridized carbons (Fsp3) is 0.263. The minimum atomic E-state index is -0.853. The molecule has 120 valence electrons. The monoisotopic (exact) mass is 312 g/mol. The molecule has 1 atom stereocenters. The normalized spacial score (nSPS) is 11.7. The van der Waals surface area contributed by atoms with Crippen LogP contribution in [0.3, 0.4) is 0 Å². The average molecular weight is 312 g/mol. The van der Waals surface area contributed by atoms with Gasteiger partial charge in [-0.15, -0.1) is 0 Å². The lowest BCUT2D eigenvalue weighted by molar-refractivity contribution is 0.0318. The SMILES string of the molecule is COc1cccc(C(=O)O[C@H](C)C(=O)c2cc(C)ccc2C)c1.